The summed E-state index contributed by atoms with van der Waals surface area (Å²) in [6.07, 6.45) is 0. The van der Waals surface area contributed by atoms with Crippen LogP contribution in [0.25, 0.3) is 10.8 Å². The van der Waals surface area contributed by atoms with E-state index in [9.17, 15) is 31.0 Å². The average molecular weight is 865 g/mol. The van der Waals surface area contributed by atoms with Crippen molar-refractivity contribution >= 4 is 128 Å². The van der Waals surface area contributed by atoms with Gasteiger partial charge in [-0.3, -0.25) is 9.11 Å². The van der Waals surface area contributed by atoms with Gasteiger partial charge < -0.3 is 33.8 Å². The van der Waals surface area contributed by atoms with E-state index in [2.05, 4.69) is 40.9 Å². The van der Waals surface area contributed by atoms with E-state index in [-0.39, 0.29) is 66.3 Å². The first kappa shape index (κ1) is 40.8. The molecule has 0 fully saturated rings. The maximum Gasteiger partial charge on any atom is 0.296 e. The molecule has 13 N–H and O–H groups in total. The van der Waals surface area contributed by atoms with E-state index < -0.39 is 52.8 Å². The van der Waals surface area contributed by atoms with Crippen LogP contribution in [0.2, 0.25) is 10.0 Å². The largest absolute Gasteiger partial charge is 0.505 e. The molecule has 296 valence electrons. The van der Waals surface area contributed by atoms with Crippen molar-refractivity contribution in [3.63, 3.8) is 0 Å². The number of azo groups is 4. The zero-order chi connectivity index (χ0) is 42.1. The third-order valence-electron chi connectivity index (χ3n) is 7.94. The minimum atomic E-state index is -5.14. The van der Waals surface area contributed by atoms with Crippen LogP contribution in [-0.4, -0.2) is 31.0 Å². The highest BCUT2D eigenvalue weighted by molar-refractivity contribution is 7.86. The molecule has 0 heterocycles. The molecule has 0 unspecified atom stereocenters. The molecule has 0 amide bonds. The van der Waals surface area contributed by atoms with Crippen molar-refractivity contribution in [2.75, 3.05) is 28.7 Å². The molecule has 6 aromatic rings. The van der Waals surface area contributed by atoms with Crippen molar-refractivity contribution < 1.29 is 31.0 Å². The standard InChI is InChI=1S/C34H27Cl2N13O7S2/c35-20-11-26(24(39)13-22(20)37)46-42-16-1-5-18(6-2-16)44-48-32-28(57(51,52)53)9-15-10-29(58(54,55)56)33(34(50)30(15)31(32)41)49-45-19-7-3-17(4-8-19)43-47-27-12-21(36)23(38)14-25(27)40/h1-14,50H,37-41H2,(H,51,52,53)(H,54,55,56). The van der Waals surface area contributed by atoms with Gasteiger partial charge in [0.25, 0.3) is 20.2 Å². The summed E-state index contributed by atoms with van der Waals surface area (Å²) in [5, 5.41) is 43.2. The van der Waals surface area contributed by atoms with E-state index in [1.165, 1.54) is 72.8 Å². The maximum absolute atomic E-state index is 12.5. The predicted octanol–water partition coefficient (Wildman–Crippen LogP) is 9.92. The number of halogens is 2. The van der Waals surface area contributed by atoms with Gasteiger partial charge in [0.05, 0.1) is 66.6 Å². The number of benzene rings is 6. The maximum atomic E-state index is 12.5. The molecule has 0 saturated heterocycles. The van der Waals surface area contributed by atoms with Crippen molar-refractivity contribution in [1.29, 1.82) is 0 Å². The summed E-state index contributed by atoms with van der Waals surface area (Å²) >= 11 is 12.1. The van der Waals surface area contributed by atoms with Crippen LogP contribution in [-0.2, 0) is 20.2 Å². The van der Waals surface area contributed by atoms with Crippen LogP contribution >= 0.6 is 23.2 Å². The van der Waals surface area contributed by atoms with Gasteiger partial charge in [0.2, 0.25) is 0 Å². The number of nitrogens with zero attached hydrogens (tertiary/aromatic N) is 8. The van der Waals surface area contributed by atoms with Crippen LogP contribution in [0, 0.1) is 0 Å². The summed E-state index contributed by atoms with van der Waals surface area (Å²) in [6.45, 7) is 0. The van der Waals surface area contributed by atoms with Gasteiger partial charge in [0.15, 0.2) is 5.75 Å². The van der Waals surface area contributed by atoms with Gasteiger partial charge in [-0.05, 0) is 90.3 Å². The van der Waals surface area contributed by atoms with Gasteiger partial charge in [-0.1, -0.05) is 23.2 Å². The second kappa shape index (κ2) is 16.0. The van der Waals surface area contributed by atoms with Gasteiger partial charge in [0, 0.05) is 0 Å². The summed E-state index contributed by atoms with van der Waals surface area (Å²) < 4.78 is 70.0. The van der Waals surface area contributed by atoms with Crippen LogP contribution in [0.3, 0.4) is 0 Å². The Morgan fingerprint density at radius 2 is 0.810 bits per heavy atom. The quantitative estimate of drug-likeness (QED) is 0.0362. The SMILES string of the molecule is Nc1cc(N)c(N=Nc2ccc(N=Nc3c(S(=O)(=O)O)cc4cc(S(=O)(=O)O)c(N=Nc5ccc(N=Nc6cc(Cl)c(N)cc6N)cc5)c(O)c4c3N)cc2)cc1Cl. The number of rotatable bonds is 10. The Balaban J connectivity index is 1.34. The zero-order valence-electron chi connectivity index (χ0n) is 29.1. The third kappa shape index (κ3) is 8.91. The van der Waals surface area contributed by atoms with Gasteiger partial charge in [-0.15, -0.1) is 20.5 Å². The number of hydrogen-bond acceptors (Lipinski definition) is 18. The van der Waals surface area contributed by atoms with Crippen molar-refractivity contribution in [3.8, 4) is 5.75 Å². The fraction of sp³-hybridized carbons (Fsp3) is 0. The highest BCUT2D eigenvalue weighted by atomic mass is 35.5. The smallest absolute Gasteiger partial charge is 0.296 e. The Kier molecular flexibility index (Phi) is 11.2. The lowest BCUT2D eigenvalue weighted by atomic mass is 10.1. The predicted molar refractivity (Wildman–Crippen MR) is 220 cm³/mol. The molecule has 0 aromatic heterocycles. The van der Waals surface area contributed by atoms with Crippen LogP contribution in [0.15, 0.2) is 136 Å². The Morgan fingerprint density at radius 3 is 1.19 bits per heavy atom. The first-order valence-electron chi connectivity index (χ1n) is 15.9. The molecule has 0 aliphatic rings. The molecule has 0 bridgehead atoms. The molecule has 0 aliphatic heterocycles. The Labute approximate surface area is 337 Å². The molecule has 58 heavy (non-hydrogen) atoms. The first-order valence-corrected chi connectivity index (χ1v) is 19.6. The van der Waals surface area contributed by atoms with Gasteiger partial charge in [0.1, 0.15) is 32.5 Å². The van der Waals surface area contributed by atoms with E-state index in [0.717, 1.165) is 12.1 Å². The molecular formula is C34H27Cl2N13O7S2. The number of nitrogen functional groups attached to an aromatic ring is 5. The van der Waals surface area contributed by atoms with Crippen molar-refractivity contribution in [3.05, 3.63) is 95.0 Å². The van der Waals surface area contributed by atoms with E-state index in [0.29, 0.717) is 11.4 Å². The number of phenolic OH excluding ortho intramolecular Hbond substituents is 1. The second-order valence-electron chi connectivity index (χ2n) is 12.0. The van der Waals surface area contributed by atoms with Crippen molar-refractivity contribution in [1.82, 2.24) is 0 Å². The molecule has 24 heteroatoms. The lowest BCUT2D eigenvalue weighted by Gasteiger charge is -2.14. The number of aromatic hydroxyl groups is 1. The molecule has 20 nitrogen and oxygen atoms in total. The van der Waals surface area contributed by atoms with Crippen molar-refractivity contribution in [2.45, 2.75) is 9.79 Å². The molecule has 0 aliphatic carbocycles. The summed E-state index contributed by atoms with van der Waals surface area (Å²) in [6, 6.07) is 19.0. The fourth-order valence-corrected chi connectivity index (χ4v) is 6.73. The fourth-order valence-electron chi connectivity index (χ4n) is 5.08. The topological polar surface area (TPSA) is 358 Å². The molecular weight excluding hydrogens is 837 g/mol. The number of hydrogen-bond donors (Lipinski definition) is 8. The van der Waals surface area contributed by atoms with Crippen LogP contribution < -0.4 is 28.7 Å². The minimum absolute atomic E-state index is 0.130. The number of anilines is 5. The first-order chi connectivity index (χ1) is 27.3. The Bertz CT molecular complexity index is 2790. The second-order valence-corrected chi connectivity index (χ2v) is 15.5. The molecule has 0 radical (unpaired) electrons. The minimum Gasteiger partial charge on any atom is -0.505 e. The molecule has 0 atom stereocenters. The van der Waals surface area contributed by atoms with E-state index in [4.69, 9.17) is 51.9 Å². The van der Waals surface area contributed by atoms with Gasteiger partial charge >= 0.3 is 0 Å². The number of nitrogens with two attached hydrogens (primary N) is 5. The average Bonchev–Trinajstić information content (AvgIpc) is 3.15. The number of fused-ring (bicyclic) bond motifs is 1. The van der Waals surface area contributed by atoms with Crippen LogP contribution in [0.4, 0.5) is 73.9 Å². The third-order valence-corrected chi connectivity index (χ3v) is 10.3. The molecule has 6 rings (SSSR count). The summed E-state index contributed by atoms with van der Waals surface area (Å²) in [7, 11) is -10.2. The molecule has 6 aromatic carbocycles. The lowest BCUT2D eigenvalue weighted by molar-refractivity contribution is 0.472. The molecule has 0 spiro atoms. The van der Waals surface area contributed by atoms with Gasteiger partial charge in [-0.2, -0.15) is 37.3 Å². The van der Waals surface area contributed by atoms with E-state index in [1.54, 1.807) is 0 Å². The monoisotopic (exact) mass is 863 g/mol. The van der Waals surface area contributed by atoms with Crippen molar-refractivity contribution in [2.24, 2.45) is 40.9 Å². The van der Waals surface area contributed by atoms with Gasteiger partial charge in [-0.25, -0.2) is 0 Å². The lowest BCUT2D eigenvalue weighted by Crippen LogP contribution is -2.03. The zero-order valence-corrected chi connectivity index (χ0v) is 32.2. The normalized spacial score (nSPS) is 12.6. The summed E-state index contributed by atoms with van der Waals surface area (Å²) in [5.41, 5.74) is 30.2. The summed E-state index contributed by atoms with van der Waals surface area (Å²) in [5.74, 6) is -0.937. The number of phenols is 1. The highest BCUT2D eigenvalue weighted by Crippen LogP contribution is 2.48. The van der Waals surface area contributed by atoms with Crippen LogP contribution in [0.1, 0.15) is 0 Å². The summed E-state index contributed by atoms with van der Waals surface area (Å²) in [4.78, 5) is -1.87. The molecule has 0 saturated carbocycles. The highest BCUT2D eigenvalue weighted by Gasteiger charge is 2.28. The Morgan fingerprint density at radius 1 is 0.466 bits per heavy atom. The van der Waals surface area contributed by atoms with E-state index in [1.807, 2.05) is 0 Å². The van der Waals surface area contributed by atoms with Crippen LogP contribution in [0.5, 0.6) is 5.75 Å². The van der Waals surface area contributed by atoms with E-state index >= 15 is 0 Å². The Hall–Kier alpha value is -6.82.